The van der Waals surface area contributed by atoms with E-state index >= 15 is 0 Å². The van der Waals surface area contributed by atoms with Crippen LogP contribution in [0.25, 0.3) is 10.3 Å². The number of thiazole rings is 1. The van der Waals surface area contributed by atoms with Gasteiger partial charge in [-0.25, -0.2) is 15.0 Å². The molecule has 0 aromatic carbocycles. The number of likely N-dealkylation sites (N-methyl/N-ethyl adjacent to an activating group) is 1. The van der Waals surface area contributed by atoms with Gasteiger partial charge in [-0.15, -0.1) is 0 Å². The number of amides is 1. The molecule has 3 heterocycles. The molecule has 13 heteroatoms. The zero-order valence-electron chi connectivity index (χ0n) is 24.6. The maximum absolute atomic E-state index is 13.4. The fourth-order valence-electron chi connectivity index (χ4n) is 4.92. The van der Waals surface area contributed by atoms with E-state index in [0.29, 0.717) is 30.4 Å². The van der Waals surface area contributed by atoms with Crippen molar-refractivity contribution in [2.24, 2.45) is 11.3 Å². The lowest BCUT2D eigenvalue weighted by Crippen LogP contribution is -2.32. The summed E-state index contributed by atoms with van der Waals surface area (Å²) in [7, 11) is 1.07. The molecule has 0 unspecified atom stereocenters. The van der Waals surface area contributed by atoms with E-state index in [1.54, 1.807) is 18.3 Å². The van der Waals surface area contributed by atoms with Crippen molar-refractivity contribution in [3.05, 3.63) is 46.2 Å². The summed E-state index contributed by atoms with van der Waals surface area (Å²) in [6, 6.07) is 5.01. The van der Waals surface area contributed by atoms with Crippen LogP contribution in [0.3, 0.4) is 0 Å². The molecule has 0 bridgehead atoms. The molecule has 0 fully saturated rings. The number of aryl methyl sites for hydroxylation is 1. The number of aromatic nitrogens is 3. The van der Waals surface area contributed by atoms with Gasteiger partial charge in [0, 0.05) is 39.1 Å². The van der Waals surface area contributed by atoms with Crippen LogP contribution in [0, 0.1) is 11.3 Å². The van der Waals surface area contributed by atoms with E-state index in [4.69, 9.17) is 4.98 Å². The lowest BCUT2D eigenvalue weighted by atomic mass is 9.71. The van der Waals surface area contributed by atoms with E-state index in [1.807, 2.05) is 11.9 Å². The van der Waals surface area contributed by atoms with Crippen LogP contribution in [0.1, 0.15) is 66.3 Å². The number of aliphatic hydroxyl groups is 1. The molecule has 224 valence electrons. The summed E-state index contributed by atoms with van der Waals surface area (Å²) in [5.41, 5.74) is 4.03. The summed E-state index contributed by atoms with van der Waals surface area (Å²) in [5, 5.41) is 12.7. The first-order valence-corrected chi connectivity index (χ1v) is 16.1. The zero-order valence-corrected chi connectivity index (χ0v) is 26.3. The molecule has 1 amide bonds. The second-order valence-corrected chi connectivity index (χ2v) is 14.8. The van der Waals surface area contributed by atoms with Gasteiger partial charge in [0.05, 0.1) is 12.6 Å². The molecule has 0 radical (unpaired) electrons. The summed E-state index contributed by atoms with van der Waals surface area (Å²) in [5.74, 6) is 0.462. The molecule has 2 atom stereocenters. The highest BCUT2D eigenvalue weighted by atomic mass is 32.2. The van der Waals surface area contributed by atoms with E-state index in [2.05, 4.69) is 46.8 Å². The smallest absolute Gasteiger partial charge is 0.302 e. The second-order valence-electron chi connectivity index (χ2n) is 12.0. The largest absolute Gasteiger partial charge is 0.395 e. The van der Waals surface area contributed by atoms with Crippen LogP contribution >= 0.6 is 11.3 Å². The minimum absolute atomic E-state index is 0.0367. The number of aliphatic hydroxyl groups excluding tert-OH is 1. The molecule has 1 aliphatic rings. The number of pyridine rings is 2. The second kappa shape index (κ2) is 12.7. The highest BCUT2D eigenvalue weighted by Crippen LogP contribution is 2.38. The van der Waals surface area contributed by atoms with Crippen LogP contribution in [-0.2, 0) is 23.1 Å². The van der Waals surface area contributed by atoms with Gasteiger partial charge in [0.2, 0.25) is 0 Å². The molecule has 41 heavy (non-hydrogen) atoms. The molecule has 0 aliphatic heterocycles. The molecule has 1 aliphatic carbocycles. The van der Waals surface area contributed by atoms with E-state index in [-0.39, 0.29) is 23.7 Å². The Morgan fingerprint density at radius 3 is 2.59 bits per heavy atom. The third-order valence-corrected chi connectivity index (χ3v) is 10.0. The third kappa shape index (κ3) is 7.77. The topological polar surface area (TPSA) is 141 Å². The fourth-order valence-corrected chi connectivity index (χ4v) is 6.33. The average Bonchev–Trinajstić information content (AvgIpc) is 3.32. The SMILES string of the molecule is CN(CCO)CC[C@@H](NC(=O)c1nc2cc3c(nc2s1)CC[C@H](C(C)(C)C)C3)c1ccc(NS(=O)(=O)N(C)C)nc1. The van der Waals surface area contributed by atoms with Crippen molar-refractivity contribution in [1.82, 2.24) is 29.5 Å². The zero-order chi connectivity index (χ0) is 29.9. The van der Waals surface area contributed by atoms with Crippen molar-refractivity contribution in [3.8, 4) is 0 Å². The van der Waals surface area contributed by atoms with Gasteiger partial charge in [-0.3, -0.25) is 9.52 Å². The Balaban J connectivity index is 1.54. The van der Waals surface area contributed by atoms with Crippen molar-refractivity contribution < 1.29 is 18.3 Å². The standard InChI is InChI=1S/C28H41N7O4S2/c1-28(2,3)20-8-9-21-19(15-20)16-23-26(31-21)40-27(32-23)25(37)30-22(11-12-35(6)13-14-36)18-7-10-24(29-17-18)33-41(38,39)34(4)5/h7,10,16-17,20,22,36H,8-9,11-15H2,1-6H3,(H,29,33)(H,30,37)/t20-,22+/m0/s1. The summed E-state index contributed by atoms with van der Waals surface area (Å²) < 4.78 is 27.8. The molecule has 3 N–H and O–H groups in total. The Morgan fingerprint density at radius 1 is 1.20 bits per heavy atom. The van der Waals surface area contributed by atoms with Gasteiger partial charge in [0.25, 0.3) is 5.91 Å². The molecule has 0 spiro atoms. The number of hydrogen-bond donors (Lipinski definition) is 3. The van der Waals surface area contributed by atoms with E-state index in [0.717, 1.165) is 45.2 Å². The predicted octanol–water partition coefficient (Wildman–Crippen LogP) is 3.24. The number of nitrogens with one attached hydrogen (secondary N) is 2. The van der Waals surface area contributed by atoms with Gasteiger partial charge in [0.1, 0.15) is 16.2 Å². The first kappa shape index (κ1) is 31.2. The fraction of sp³-hybridized carbons (Fsp3) is 0.571. The van der Waals surface area contributed by atoms with Crippen LogP contribution in [0.4, 0.5) is 5.82 Å². The van der Waals surface area contributed by atoms with Gasteiger partial charge in [-0.2, -0.15) is 12.7 Å². The Hall–Kier alpha value is -2.71. The van der Waals surface area contributed by atoms with Crippen molar-refractivity contribution in [2.45, 2.75) is 52.5 Å². The third-order valence-electron chi connectivity index (χ3n) is 7.66. The molecule has 0 saturated carbocycles. The molecule has 4 rings (SSSR count). The number of hydrogen-bond acceptors (Lipinski definition) is 9. The minimum atomic E-state index is -3.69. The summed E-state index contributed by atoms with van der Waals surface area (Å²) in [6.45, 7) is 8.00. The Bertz CT molecular complexity index is 1470. The number of rotatable bonds is 11. The van der Waals surface area contributed by atoms with Crippen molar-refractivity contribution in [1.29, 1.82) is 0 Å². The van der Waals surface area contributed by atoms with E-state index < -0.39 is 16.3 Å². The van der Waals surface area contributed by atoms with Gasteiger partial charge in [0.15, 0.2) is 5.01 Å². The lowest BCUT2D eigenvalue weighted by molar-refractivity contribution is 0.0931. The van der Waals surface area contributed by atoms with Gasteiger partial charge in [-0.05, 0) is 67.3 Å². The first-order chi connectivity index (χ1) is 19.3. The molecular formula is C28H41N7O4S2. The molecular weight excluding hydrogens is 562 g/mol. The van der Waals surface area contributed by atoms with Crippen LogP contribution in [0.5, 0.6) is 0 Å². The van der Waals surface area contributed by atoms with Gasteiger partial charge >= 0.3 is 10.2 Å². The minimum Gasteiger partial charge on any atom is -0.395 e. The monoisotopic (exact) mass is 603 g/mol. The Kier molecular flexibility index (Phi) is 9.64. The number of carbonyl (C=O) groups is 1. The van der Waals surface area contributed by atoms with Crippen LogP contribution in [0.2, 0.25) is 0 Å². The highest BCUT2D eigenvalue weighted by Gasteiger charge is 2.30. The number of fused-ring (bicyclic) bond motifs is 2. The predicted molar refractivity (Wildman–Crippen MR) is 162 cm³/mol. The van der Waals surface area contributed by atoms with E-state index in [1.165, 1.54) is 31.0 Å². The summed E-state index contributed by atoms with van der Waals surface area (Å²) in [6.07, 6.45) is 5.13. The maximum atomic E-state index is 13.4. The van der Waals surface area contributed by atoms with Crippen molar-refractivity contribution in [2.75, 3.05) is 45.6 Å². The summed E-state index contributed by atoms with van der Waals surface area (Å²) >= 11 is 1.29. The number of carbonyl (C=O) groups excluding carboxylic acids is 1. The van der Waals surface area contributed by atoms with Crippen molar-refractivity contribution >= 4 is 43.6 Å². The van der Waals surface area contributed by atoms with Crippen LogP contribution < -0.4 is 10.0 Å². The van der Waals surface area contributed by atoms with Crippen LogP contribution in [0.15, 0.2) is 24.4 Å². The molecule has 3 aromatic heterocycles. The lowest BCUT2D eigenvalue weighted by Gasteiger charge is -2.34. The quantitative estimate of drug-likeness (QED) is 0.304. The van der Waals surface area contributed by atoms with Gasteiger partial charge < -0.3 is 15.3 Å². The Morgan fingerprint density at radius 2 is 1.95 bits per heavy atom. The number of anilines is 1. The summed E-state index contributed by atoms with van der Waals surface area (Å²) in [4.78, 5) is 30.0. The van der Waals surface area contributed by atoms with Crippen molar-refractivity contribution in [3.63, 3.8) is 0 Å². The van der Waals surface area contributed by atoms with Crippen LogP contribution in [-0.4, -0.2) is 84.4 Å². The molecule has 11 nitrogen and oxygen atoms in total. The molecule has 0 saturated heterocycles. The normalized spacial score (nSPS) is 16.7. The number of nitrogens with zero attached hydrogens (tertiary/aromatic N) is 5. The maximum Gasteiger partial charge on any atom is 0.302 e. The average molecular weight is 604 g/mol. The van der Waals surface area contributed by atoms with Gasteiger partial charge in [-0.1, -0.05) is 38.2 Å². The highest BCUT2D eigenvalue weighted by molar-refractivity contribution is 7.90. The Labute approximate surface area is 246 Å². The molecule has 3 aromatic rings. The first-order valence-electron chi connectivity index (χ1n) is 13.8. The van der Waals surface area contributed by atoms with E-state index in [9.17, 15) is 18.3 Å².